The monoisotopic (exact) mass is 410 g/mol. The van der Waals surface area contributed by atoms with Gasteiger partial charge in [-0.2, -0.15) is 0 Å². The van der Waals surface area contributed by atoms with Crippen molar-refractivity contribution in [2.75, 3.05) is 0 Å². The molecule has 29 heavy (non-hydrogen) atoms. The van der Waals surface area contributed by atoms with Crippen molar-refractivity contribution >= 4 is 29.0 Å². The summed E-state index contributed by atoms with van der Waals surface area (Å²) in [5.74, 6) is 0.158. The summed E-state index contributed by atoms with van der Waals surface area (Å²) < 4.78 is 20.6. The molecule has 4 rings (SSSR count). The van der Waals surface area contributed by atoms with E-state index in [1.54, 1.807) is 24.5 Å². The summed E-state index contributed by atoms with van der Waals surface area (Å²) in [7, 11) is 0. The number of thioether (sulfide) groups is 1. The minimum atomic E-state index is -0.354. The highest BCUT2D eigenvalue weighted by Crippen LogP contribution is 2.34. The van der Waals surface area contributed by atoms with Crippen LogP contribution in [0.4, 0.5) is 9.18 Å². The summed E-state index contributed by atoms with van der Waals surface area (Å²) in [4.78, 5) is 26.7. The fourth-order valence-electron chi connectivity index (χ4n) is 3.33. The van der Waals surface area contributed by atoms with Gasteiger partial charge in [0.2, 0.25) is 0 Å². The van der Waals surface area contributed by atoms with Gasteiger partial charge in [0.15, 0.2) is 0 Å². The number of hydrogen-bond acceptors (Lipinski definition) is 4. The first-order chi connectivity index (χ1) is 13.9. The second-order valence-corrected chi connectivity index (χ2v) is 7.88. The van der Waals surface area contributed by atoms with Crippen LogP contribution in [-0.4, -0.2) is 20.6 Å². The predicted octanol–water partition coefficient (Wildman–Crippen LogP) is 5.12. The van der Waals surface area contributed by atoms with Crippen LogP contribution in [0.1, 0.15) is 28.3 Å². The fourth-order valence-corrected chi connectivity index (χ4v) is 4.15. The van der Waals surface area contributed by atoms with Crippen molar-refractivity contribution in [3.8, 4) is 0 Å². The largest absolute Gasteiger partial charge is 0.467 e. The molecule has 3 aromatic rings. The van der Waals surface area contributed by atoms with E-state index in [0.29, 0.717) is 17.0 Å². The molecular formula is C22H19FN2O3S. The van der Waals surface area contributed by atoms with E-state index in [9.17, 15) is 14.0 Å². The summed E-state index contributed by atoms with van der Waals surface area (Å²) >= 11 is 0.925. The average molecular weight is 410 g/mol. The van der Waals surface area contributed by atoms with Crippen LogP contribution < -0.4 is 0 Å². The smallest absolute Gasteiger partial charge is 0.293 e. The Morgan fingerprint density at radius 2 is 1.86 bits per heavy atom. The van der Waals surface area contributed by atoms with Gasteiger partial charge < -0.3 is 8.98 Å². The maximum atomic E-state index is 13.1. The predicted molar refractivity (Wildman–Crippen MR) is 110 cm³/mol. The molecule has 0 bridgehead atoms. The minimum absolute atomic E-state index is 0.125. The van der Waals surface area contributed by atoms with Gasteiger partial charge in [-0.25, -0.2) is 4.39 Å². The van der Waals surface area contributed by atoms with Crippen LogP contribution in [0.3, 0.4) is 0 Å². The molecule has 2 aromatic heterocycles. The third-order valence-electron chi connectivity index (χ3n) is 4.92. The van der Waals surface area contributed by atoms with Crippen molar-refractivity contribution in [1.82, 2.24) is 9.47 Å². The summed E-state index contributed by atoms with van der Waals surface area (Å²) in [5, 5.41) is -0.324. The van der Waals surface area contributed by atoms with Crippen LogP contribution in [0.25, 0.3) is 6.08 Å². The van der Waals surface area contributed by atoms with Crippen molar-refractivity contribution < 1.29 is 18.4 Å². The number of carbonyl (C=O) groups excluding carboxylic acids is 2. The Bertz CT molecular complexity index is 1100. The Balaban J connectivity index is 1.56. The topological polar surface area (TPSA) is 55.5 Å². The van der Waals surface area contributed by atoms with E-state index in [1.165, 1.54) is 17.0 Å². The molecule has 2 amide bonds. The fraction of sp³-hybridized carbons (Fsp3) is 0.182. The van der Waals surface area contributed by atoms with Crippen LogP contribution in [0, 0.1) is 19.7 Å². The first kappa shape index (κ1) is 19.3. The second-order valence-electron chi connectivity index (χ2n) is 6.89. The van der Waals surface area contributed by atoms with Crippen molar-refractivity contribution in [3.05, 3.63) is 87.7 Å². The minimum Gasteiger partial charge on any atom is -0.467 e. The van der Waals surface area contributed by atoms with Gasteiger partial charge in [-0.15, -0.1) is 0 Å². The lowest BCUT2D eigenvalue weighted by atomic mass is 10.2. The number of aromatic nitrogens is 1. The van der Waals surface area contributed by atoms with Gasteiger partial charge in [0.25, 0.3) is 11.1 Å². The lowest BCUT2D eigenvalue weighted by Crippen LogP contribution is -2.27. The molecule has 5 nitrogen and oxygen atoms in total. The highest BCUT2D eigenvalue weighted by Gasteiger charge is 2.35. The summed E-state index contributed by atoms with van der Waals surface area (Å²) in [6, 6.07) is 11.5. The average Bonchev–Trinajstić information content (AvgIpc) is 3.36. The van der Waals surface area contributed by atoms with Crippen LogP contribution in [0.15, 0.2) is 58.1 Å². The second kappa shape index (κ2) is 7.75. The molecule has 1 aromatic carbocycles. The van der Waals surface area contributed by atoms with E-state index in [0.717, 1.165) is 34.5 Å². The van der Waals surface area contributed by atoms with E-state index in [-0.39, 0.29) is 23.5 Å². The number of nitrogens with zero attached hydrogens (tertiary/aromatic N) is 2. The molecule has 0 atom stereocenters. The van der Waals surface area contributed by atoms with Gasteiger partial charge in [0.05, 0.1) is 24.3 Å². The zero-order valence-corrected chi connectivity index (χ0v) is 16.8. The number of carbonyl (C=O) groups is 2. The van der Waals surface area contributed by atoms with Gasteiger partial charge in [-0.3, -0.25) is 14.5 Å². The van der Waals surface area contributed by atoms with Crippen molar-refractivity contribution in [1.29, 1.82) is 0 Å². The van der Waals surface area contributed by atoms with Gasteiger partial charge >= 0.3 is 0 Å². The van der Waals surface area contributed by atoms with Crippen molar-refractivity contribution in [2.24, 2.45) is 0 Å². The molecule has 1 saturated heterocycles. The molecule has 0 unspecified atom stereocenters. The van der Waals surface area contributed by atoms with Gasteiger partial charge in [0, 0.05) is 11.4 Å². The Kier molecular flexibility index (Phi) is 5.15. The van der Waals surface area contributed by atoms with Crippen LogP contribution >= 0.6 is 11.8 Å². The number of imide groups is 1. The zero-order valence-electron chi connectivity index (χ0n) is 16.0. The standard InChI is InChI=1S/C22H19FN2O3S/c1-14-10-17(15(2)24(14)13-19-4-3-9-28-19)11-20-21(26)25(22(27)29-20)12-16-5-7-18(23)8-6-16/h3-11H,12-13H2,1-2H3/b20-11-. The number of furan rings is 1. The zero-order chi connectivity index (χ0) is 20.5. The number of rotatable bonds is 5. The Morgan fingerprint density at radius 1 is 1.10 bits per heavy atom. The number of benzene rings is 1. The number of amides is 2. The SMILES string of the molecule is Cc1cc(/C=C2\SC(=O)N(Cc3ccc(F)cc3)C2=O)c(C)n1Cc1ccco1. The summed E-state index contributed by atoms with van der Waals surface area (Å²) in [5.41, 5.74) is 3.62. The summed E-state index contributed by atoms with van der Waals surface area (Å²) in [6.07, 6.45) is 3.40. The molecule has 0 spiro atoms. The van der Waals surface area contributed by atoms with Crippen LogP contribution in [0.2, 0.25) is 0 Å². The van der Waals surface area contributed by atoms with Crippen LogP contribution in [-0.2, 0) is 17.9 Å². The first-order valence-corrected chi connectivity index (χ1v) is 9.93. The Labute approximate surface area is 171 Å². The molecular weight excluding hydrogens is 391 g/mol. The quantitative estimate of drug-likeness (QED) is 0.548. The van der Waals surface area contributed by atoms with Crippen molar-refractivity contribution in [2.45, 2.75) is 26.9 Å². The number of hydrogen-bond donors (Lipinski definition) is 0. The molecule has 0 aliphatic carbocycles. The van der Waals surface area contributed by atoms with E-state index >= 15 is 0 Å². The highest BCUT2D eigenvalue weighted by molar-refractivity contribution is 8.18. The molecule has 148 valence electrons. The lowest BCUT2D eigenvalue weighted by molar-refractivity contribution is -0.123. The molecule has 7 heteroatoms. The first-order valence-electron chi connectivity index (χ1n) is 9.11. The molecule has 0 N–H and O–H groups in total. The molecule has 1 aliphatic rings. The maximum absolute atomic E-state index is 13.1. The van der Waals surface area contributed by atoms with Crippen LogP contribution in [0.5, 0.6) is 0 Å². The van der Waals surface area contributed by atoms with Gasteiger partial charge in [-0.05, 0) is 73.1 Å². The molecule has 1 aliphatic heterocycles. The summed E-state index contributed by atoms with van der Waals surface area (Å²) in [6.45, 7) is 4.70. The Morgan fingerprint density at radius 3 is 2.55 bits per heavy atom. The molecule has 1 fully saturated rings. The van der Waals surface area contributed by atoms with E-state index < -0.39 is 0 Å². The highest BCUT2D eigenvalue weighted by atomic mass is 32.2. The molecule has 0 radical (unpaired) electrons. The van der Waals surface area contributed by atoms with E-state index in [1.807, 2.05) is 32.0 Å². The lowest BCUT2D eigenvalue weighted by Gasteiger charge is -2.12. The maximum Gasteiger partial charge on any atom is 0.293 e. The molecule has 3 heterocycles. The van der Waals surface area contributed by atoms with E-state index in [4.69, 9.17) is 4.42 Å². The normalized spacial score (nSPS) is 15.7. The third kappa shape index (κ3) is 3.91. The Hall–Kier alpha value is -3.06. The molecule has 0 saturated carbocycles. The van der Waals surface area contributed by atoms with E-state index in [2.05, 4.69) is 4.57 Å². The number of aryl methyl sites for hydroxylation is 1. The third-order valence-corrected chi connectivity index (χ3v) is 5.83. The van der Waals surface area contributed by atoms with Gasteiger partial charge in [-0.1, -0.05) is 12.1 Å². The number of halogens is 1. The van der Waals surface area contributed by atoms with Crippen molar-refractivity contribution in [3.63, 3.8) is 0 Å². The van der Waals surface area contributed by atoms with Gasteiger partial charge in [0.1, 0.15) is 11.6 Å².